The molecule has 7 nitrogen and oxygen atoms in total. The van der Waals surface area contributed by atoms with Crippen LogP contribution in [0.5, 0.6) is 5.75 Å². The smallest absolute Gasteiger partial charge is 0.249 e. The third-order valence-electron chi connectivity index (χ3n) is 4.60. The average Bonchev–Trinajstić information content (AvgIpc) is 3.25. The van der Waals surface area contributed by atoms with Gasteiger partial charge in [0, 0.05) is 24.5 Å². The monoisotopic (exact) mass is 376 g/mol. The molecule has 0 saturated carbocycles. The third-order valence-corrected chi connectivity index (χ3v) is 4.60. The summed E-state index contributed by atoms with van der Waals surface area (Å²) in [4.78, 5) is 6.91. The molecule has 3 aromatic rings. The van der Waals surface area contributed by atoms with E-state index in [0.29, 0.717) is 18.4 Å². The van der Waals surface area contributed by atoms with E-state index in [-0.39, 0.29) is 0 Å². The second kappa shape index (κ2) is 8.56. The van der Waals surface area contributed by atoms with Crippen LogP contribution in [0.4, 0.5) is 28.8 Å². The van der Waals surface area contributed by atoms with E-state index in [1.807, 2.05) is 31.2 Å². The van der Waals surface area contributed by atoms with Crippen LogP contribution in [0.15, 0.2) is 54.7 Å². The molecule has 0 aliphatic carbocycles. The minimum absolute atomic E-state index is 0.408. The molecular formula is C21H24N6O. The van der Waals surface area contributed by atoms with Crippen LogP contribution in [0, 0.1) is 0 Å². The summed E-state index contributed by atoms with van der Waals surface area (Å²) in [6.07, 6.45) is 4.15. The highest BCUT2D eigenvalue weighted by molar-refractivity contribution is 5.64. The van der Waals surface area contributed by atoms with Gasteiger partial charge in [-0.25, -0.2) is 0 Å². The van der Waals surface area contributed by atoms with Crippen LogP contribution in [0.25, 0.3) is 0 Å². The lowest BCUT2D eigenvalue weighted by molar-refractivity contribution is 0.342. The van der Waals surface area contributed by atoms with Crippen molar-refractivity contribution in [3.63, 3.8) is 0 Å². The van der Waals surface area contributed by atoms with Crippen LogP contribution >= 0.6 is 0 Å². The Morgan fingerprint density at radius 2 is 1.79 bits per heavy atom. The Bertz CT molecular complexity index is 909. The molecule has 0 atom stereocenters. The van der Waals surface area contributed by atoms with Crippen molar-refractivity contribution in [2.75, 3.05) is 35.2 Å². The fourth-order valence-electron chi connectivity index (χ4n) is 3.27. The van der Waals surface area contributed by atoms with Crippen LogP contribution in [0.2, 0.25) is 0 Å². The first-order chi connectivity index (χ1) is 13.8. The van der Waals surface area contributed by atoms with Crippen molar-refractivity contribution in [2.24, 2.45) is 0 Å². The molecule has 2 heterocycles. The number of ether oxygens (including phenoxy) is 1. The molecule has 0 spiro atoms. The lowest BCUT2D eigenvalue weighted by Crippen LogP contribution is -2.17. The molecule has 0 amide bonds. The number of aromatic nitrogens is 3. The predicted molar refractivity (Wildman–Crippen MR) is 112 cm³/mol. The van der Waals surface area contributed by atoms with Crippen molar-refractivity contribution in [1.29, 1.82) is 0 Å². The number of anilines is 5. The minimum atomic E-state index is 0.408. The van der Waals surface area contributed by atoms with Gasteiger partial charge in [0.1, 0.15) is 5.75 Å². The lowest BCUT2D eigenvalue weighted by atomic mass is 10.2. The number of nitrogens with one attached hydrogen (secondary N) is 2. The summed E-state index contributed by atoms with van der Waals surface area (Å²) in [7, 11) is 0. The number of hydrogen-bond acceptors (Lipinski definition) is 7. The summed E-state index contributed by atoms with van der Waals surface area (Å²) in [5, 5.41) is 14.6. The lowest BCUT2D eigenvalue weighted by Gasteiger charge is -2.17. The third kappa shape index (κ3) is 4.31. The van der Waals surface area contributed by atoms with Gasteiger partial charge in [0.2, 0.25) is 5.95 Å². The number of rotatable bonds is 7. The van der Waals surface area contributed by atoms with Gasteiger partial charge in [-0.2, -0.15) is 10.1 Å². The first-order valence-corrected chi connectivity index (χ1v) is 9.62. The van der Waals surface area contributed by atoms with Gasteiger partial charge in [0.05, 0.1) is 18.5 Å². The molecule has 1 saturated heterocycles. The molecule has 4 rings (SSSR count). The highest BCUT2D eigenvalue weighted by Crippen LogP contribution is 2.27. The highest BCUT2D eigenvalue weighted by Gasteiger charge is 2.12. The first kappa shape index (κ1) is 18.0. The Hall–Kier alpha value is -3.35. The first-order valence-electron chi connectivity index (χ1n) is 9.62. The Morgan fingerprint density at radius 1 is 1.00 bits per heavy atom. The molecule has 2 aromatic carbocycles. The standard InChI is InChI=1S/C21H24N6O/c1-2-28-19-8-4-3-7-18(19)24-21-25-20(15-22-26-21)23-16-9-11-17(12-10-16)27-13-5-6-14-27/h3-4,7-12,15H,2,5-6,13-14H2,1H3,(H2,23,24,25,26). The predicted octanol–water partition coefficient (Wildman–Crippen LogP) is 4.36. The van der Waals surface area contributed by atoms with Crippen molar-refractivity contribution in [2.45, 2.75) is 19.8 Å². The molecule has 7 heteroatoms. The number of hydrogen-bond donors (Lipinski definition) is 2. The van der Waals surface area contributed by atoms with Crippen LogP contribution in [-0.2, 0) is 0 Å². The maximum atomic E-state index is 5.63. The Kier molecular flexibility index (Phi) is 5.51. The van der Waals surface area contributed by atoms with Crippen molar-refractivity contribution in [3.05, 3.63) is 54.7 Å². The summed E-state index contributed by atoms with van der Waals surface area (Å²) in [6.45, 7) is 4.82. The van der Waals surface area contributed by atoms with Crippen LogP contribution < -0.4 is 20.3 Å². The quantitative estimate of drug-likeness (QED) is 0.634. The van der Waals surface area contributed by atoms with Gasteiger partial charge in [0.25, 0.3) is 0 Å². The normalized spacial score (nSPS) is 13.4. The van der Waals surface area contributed by atoms with Gasteiger partial charge in [-0.15, -0.1) is 5.10 Å². The molecule has 0 bridgehead atoms. The molecule has 1 aliphatic rings. The molecular weight excluding hydrogens is 352 g/mol. The van der Waals surface area contributed by atoms with Crippen LogP contribution in [0.3, 0.4) is 0 Å². The molecule has 1 fully saturated rings. The molecule has 1 aromatic heterocycles. The van der Waals surface area contributed by atoms with Gasteiger partial charge in [-0.3, -0.25) is 0 Å². The SMILES string of the molecule is CCOc1ccccc1Nc1nncc(Nc2ccc(N3CCCC3)cc2)n1. The molecule has 0 unspecified atom stereocenters. The zero-order valence-electron chi connectivity index (χ0n) is 15.9. The van der Waals surface area contributed by atoms with E-state index >= 15 is 0 Å². The number of benzene rings is 2. The summed E-state index contributed by atoms with van der Waals surface area (Å²) in [5.74, 6) is 1.79. The number of para-hydroxylation sites is 2. The molecule has 144 valence electrons. The molecule has 0 radical (unpaired) electrons. The Morgan fingerprint density at radius 3 is 2.57 bits per heavy atom. The maximum absolute atomic E-state index is 5.63. The minimum Gasteiger partial charge on any atom is -0.492 e. The molecule has 28 heavy (non-hydrogen) atoms. The zero-order valence-corrected chi connectivity index (χ0v) is 15.9. The van der Waals surface area contributed by atoms with Crippen LogP contribution in [-0.4, -0.2) is 34.9 Å². The Labute approximate surface area is 164 Å². The van der Waals surface area contributed by atoms with E-state index in [9.17, 15) is 0 Å². The van der Waals surface area contributed by atoms with Gasteiger partial charge in [-0.05, 0) is 56.2 Å². The average molecular weight is 376 g/mol. The van der Waals surface area contributed by atoms with E-state index < -0.39 is 0 Å². The van der Waals surface area contributed by atoms with E-state index in [2.05, 4.69) is 55.0 Å². The summed E-state index contributed by atoms with van der Waals surface area (Å²) >= 11 is 0. The van der Waals surface area contributed by atoms with Crippen LogP contribution in [0.1, 0.15) is 19.8 Å². The van der Waals surface area contributed by atoms with E-state index in [1.54, 1.807) is 6.20 Å². The van der Waals surface area contributed by atoms with Gasteiger partial charge >= 0.3 is 0 Å². The number of nitrogens with zero attached hydrogens (tertiary/aromatic N) is 4. The summed E-state index contributed by atoms with van der Waals surface area (Å²) < 4.78 is 5.63. The van der Waals surface area contributed by atoms with Crippen molar-refractivity contribution in [1.82, 2.24) is 15.2 Å². The second-order valence-corrected chi connectivity index (χ2v) is 6.59. The fourth-order valence-corrected chi connectivity index (χ4v) is 3.27. The van der Waals surface area contributed by atoms with Crippen molar-refractivity contribution < 1.29 is 4.74 Å². The topological polar surface area (TPSA) is 75.2 Å². The van der Waals surface area contributed by atoms with Gasteiger partial charge in [0.15, 0.2) is 5.82 Å². The summed E-state index contributed by atoms with van der Waals surface area (Å²) in [5.41, 5.74) is 3.03. The largest absolute Gasteiger partial charge is 0.492 e. The van der Waals surface area contributed by atoms with Crippen molar-refractivity contribution >= 4 is 28.8 Å². The summed E-state index contributed by atoms with van der Waals surface area (Å²) in [6, 6.07) is 16.1. The Balaban J connectivity index is 1.45. The maximum Gasteiger partial charge on any atom is 0.249 e. The molecule has 2 N–H and O–H groups in total. The highest BCUT2D eigenvalue weighted by atomic mass is 16.5. The van der Waals surface area contributed by atoms with E-state index in [0.717, 1.165) is 30.2 Å². The zero-order chi connectivity index (χ0) is 19.2. The molecule has 1 aliphatic heterocycles. The second-order valence-electron chi connectivity index (χ2n) is 6.59. The fraction of sp³-hybridized carbons (Fsp3) is 0.286. The van der Waals surface area contributed by atoms with Crippen molar-refractivity contribution in [3.8, 4) is 5.75 Å². The van der Waals surface area contributed by atoms with Gasteiger partial charge in [-0.1, -0.05) is 12.1 Å². The van der Waals surface area contributed by atoms with E-state index in [4.69, 9.17) is 4.74 Å². The van der Waals surface area contributed by atoms with E-state index in [1.165, 1.54) is 18.5 Å². The van der Waals surface area contributed by atoms with Gasteiger partial charge < -0.3 is 20.3 Å².